The molecule has 5 aromatic rings. The first kappa shape index (κ1) is 30.7. The van der Waals surface area contributed by atoms with Gasteiger partial charge in [-0.3, -0.25) is 14.4 Å². The van der Waals surface area contributed by atoms with Gasteiger partial charge in [-0.1, -0.05) is 71.7 Å². The summed E-state index contributed by atoms with van der Waals surface area (Å²) in [4.78, 5) is 50.8. The van der Waals surface area contributed by atoms with Crippen molar-refractivity contribution in [2.75, 3.05) is 0 Å². The van der Waals surface area contributed by atoms with Crippen LogP contribution in [0.25, 0.3) is 22.0 Å². The normalized spacial score (nSPS) is 11.7. The van der Waals surface area contributed by atoms with E-state index < -0.39 is 34.7 Å². The molecule has 2 N–H and O–H groups in total. The van der Waals surface area contributed by atoms with Gasteiger partial charge in [0.2, 0.25) is 5.43 Å². The van der Waals surface area contributed by atoms with Crippen molar-refractivity contribution in [2.45, 2.75) is 25.9 Å². The summed E-state index contributed by atoms with van der Waals surface area (Å²) in [6, 6.07) is 21.9. The van der Waals surface area contributed by atoms with Gasteiger partial charge < -0.3 is 15.0 Å². The van der Waals surface area contributed by atoms with Crippen molar-refractivity contribution in [1.29, 1.82) is 0 Å². The highest BCUT2D eigenvalue weighted by atomic mass is 35.5. The third-order valence-corrected chi connectivity index (χ3v) is 7.98. The molecule has 1 amide bonds. The van der Waals surface area contributed by atoms with Crippen molar-refractivity contribution >= 4 is 51.8 Å². The van der Waals surface area contributed by atoms with Crippen molar-refractivity contribution in [3.8, 4) is 11.1 Å². The van der Waals surface area contributed by atoms with Gasteiger partial charge >= 0.3 is 5.97 Å². The van der Waals surface area contributed by atoms with Crippen molar-refractivity contribution in [3.63, 3.8) is 0 Å². The van der Waals surface area contributed by atoms with E-state index in [2.05, 4.69) is 5.32 Å². The van der Waals surface area contributed by atoms with E-state index >= 15 is 0 Å². The van der Waals surface area contributed by atoms with Crippen LogP contribution in [-0.4, -0.2) is 33.4 Å². The summed E-state index contributed by atoms with van der Waals surface area (Å²) in [5.41, 5.74) is 1.64. The number of fused-ring (bicyclic) bond motifs is 1. The smallest absolute Gasteiger partial charge is 0.341 e. The molecule has 7 nitrogen and oxygen atoms in total. The SMILES string of the molecule is C[C@H](NC(=O)c1ccc(-c2ccccc2)c(F)c1)C(=O)Cc1ccc2c(c1)c(=O)c(C(=O)O)cn2Cc1ccc(Cl)c(Cl)c1. The Kier molecular flexibility index (Phi) is 8.94. The van der Waals surface area contributed by atoms with E-state index in [1.54, 1.807) is 59.2 Å². The molecule has 0 unspecified atom stereocenters. The van der Waals surface area contributed by atoms with Crippen LogP contribution >= 0.6 is 23.2 Å². The molecule has 0 aliphatic carbocycles. The zero-order valence-corrected chi connectivity index (χ0v) is 24.8. The maximum absolute atomic E-state index is 14.8. The van der Waals surface area contributed by atoms with Gasteiger partial charge in [0, 0.05) is 35.7 Å². The van der Waals surface area contributed by atoms with Gasteiger partial charge in [-0.15, -0.1) is 0 Å². The van der Waals surface area contributed by atoms with Gasteiger partial charge in [0.25, 0.3) is 5.91 Å². The number of ketones is 1. The van der Waals surface area contributed by atoms with E-state index in [0.29, 0.717) is 32.3 Å². The lowest BCUT2D eigenvalue weighted by molar-refractivity contribution is -0.119. The van der Waals surface area contributed by atoms with Crippen molar-refractivity contribution in [1.82, 2.24) is 9.88 Å². The average Bonchev–Trinajstić information content (AvgIpc) is 3.00. The molecule has 10 heteroatoms. The zero-order valence-electron chi connectivity index (χ0n) is 23.3. The third-order valence-electron chi connectivity index (χ3n) is 7.24. The Morgan fingerprint density at radius 3 is 2.32 bits per heavy atom. The van der Waals surface area contributed by atoms with E-state index in [0.717, 1.165) is 11.6 Å². The number of carboxylic acid groups (broad SMARTS) is 1. The summed E-state index contributed by atoms with van der Waals surface area (Å²) in [6.07, 6.45) is 1.13. The Labute approximate surface area is 261 Å². The number of nitrogens with one attached hydrogen (secondary N) is 1. The van der Waals surface area contributed by atoms with Crippen molar-refractivity contribution < 1.29 is 23.9 Å². The molecule has 0 bridgehead atoms. The first-order valence-corrected chi connectivity index (χ1v) is 14.3. The van der Waals surface area contributed by atoms with Crippen LogP contribution in [0.5, 0.6) is 0 Å². The number of halogens is 3. The predicted molar refractivity (Wildman–Crippen MR) is 168 cm³/mol. The molecule has 0 saturated carbocycles. The Balaban J connectivity index is 1.35. The van der Waals surface area contributed by atoms with E-state index in [4.69, 9.17) is 23.2 Å². The summed E-state index contributed by atoms with van der Waals surface area (Å²) in [6.45, 7) is 1.73. The van der Waals surface area contributed by atoms with E-state index in [9.17, 15) is 28.7 Å². The van der Waals surface area contributed by atoms with Crippen molar-refractivity contribution in [2.24, 2.45) is 0 Å². The maximum atomic E-state index is 14.8. The molecule has 0 fully saturated rings. The molecule has 0 aliphatic rings. The molecule has 0 radical (unpaired) electrons. The number of carboxylic acids is 1. The molecule has 0 saturated heterocycles. The fraction of sp³-hybridized carbons (Fsp3) is 0.118. The molecule has 222 valence electrons. The van der Waals surface area contributed by atoms with Crippen molar-refractivity contribution in [3.05, 3.63) is 139 Å². The summed E-state index contributed by atoms with van der Waals surface area (Å²) >= 11 is 12.2. The Morgan fingerprint density at radius 2 is 1.64 bits per heavy atom. The van der Waals surface area contributed by atoms with Gasteiger partial charge in [0.15, 0.2) is 5.78 Å². The lowest BCUT2D eigenvalue weighted by Crippen LogP contribution is -2.39. The van der Waals surface area contributed by atoms with Gasteiger partial charge in [-0.25, -0.2) is 9.18 Å². The van der Waals surface area contributed by atoms with Crippen LogP contribution in [-0.2, 0) is 17.8 Å². The van der Waals surface area contributed by atoms with E-state index in [1.807, 2.05) is 6.07 Å². The minimum Gasteiger partial charge on any atom is -0.477 e. The Morgan fingerprint density at radius 1 is 0.909 bits per heavy atom. The number of hydrogen-bond donors (Lipinski definition) is 2. The molecule has 44 heavy (non-hydrogen) atoms. The minimum absolute atomic E-state index is 0.0660. The molecular formula is C34H25Cl2FN2O5. The zero-order chi connectivity index (χ0) is 31.5. The summed E-state index contributed by atoms with van der Waals surface area (Å²) in [5, 5.41) is 13.1. The quantitative estimate of drug-likeness (QED) is 0.186. The monoisotopic (exact) mass is 630 g/mol. The maximum Gasteiger partial charge on any atom is 0.341 e. The summed E-state index contributed by atoms with van der Waals surface area (Å²) < 4.78 is 16.4. The topological polar surface area (TPSA) is 105 Å². The van der Waals surface area contributed by atoms with Crippen LogP contribution in [0, 0.1) is 5.82 Å². The third kappa shape index (κ3) is 6.56. The second-order valence-electron chi connectivity index (χ2n) is 10.3. The number of pyridine rings is 1. The molecule has 1 aromatic heterocycles. The molecule has 0 aliphatic heterocycles. The minimum atomic E-state index is -1.38. The van der Waals surface area contributed by atoms with Gasteiger partial charge in [-0.05, 0) is 60.0 Å². The second-order valence-corrected chi connectivity index (χ2v) is 11.1. The van der Waals surface area contributed by atoms with Crippen LogP contribution in [0.4, 0.5) is 4.39 Å². The molecule has 5 rings (SSSR count). The molecule has 4 aromatic carbocycles. The summed E-state index contributed by atoms with van der Waals surface area (Å²) in [7, 11) is 0. The number of Topliss-reactive ketones (excluding diaryl/α,β-unsaturated/α-hetero) is 1. The number of carbonyl (C=O) groups is 3. The van der Waals surface area contributed by atoms with Gasteiger partial charge in [0.1, 0.15) is 11.4 Å². The first-order valence-electron chi connectivity index (χ1n) is 13.5. The van der Waals surface area contributed by atoms with Gasteiger partial charge in [-0.2, -0.15) is 0 Å². The number of benzene rings is 4. The van der Waals surface area contributed by atoms with Gasteiger partial charge in [0.05, 0.1) is 21.6 Å². The fourth-order valence-electron chi connectivity index (χ4n) is 4.90. The lowest BCUT2D eigenvalue weighted by Gasteiger charge is -2.15. The molecule has 1 atom stereocenters. The number of aromatic nitrogens is 1. The largest absolute Gasteiger partial charge is 0.477 e. The average molecular weight is 631 g/mol. The number of hydrogen-bond acceptors (Lipinski definition) is 4. The van der Waals surface area contributed by atoms with Crippen LogP contribution in [0.1, 0.15) is 38.8 Å². The standard InChI is InChI=1S/C34H25Cl2FN2O5/c1-19(38-33(42)23-9-10-24(29(37)16-23)22-5-3-2-4-6-22)31(40)15-20-8-12-30-25(13-20)32(41)26(34(43)44)18-39(30)17-21-7-11-27(35)28(36)14-21/h2-14,16,18-19H,15,17H2,1H3,(H,38,42)(H,43,44)/t19-/m0/s1. The Bertz CT molecular complexity index is 1990. The number of rotatable bonds is 9. The highest BCUT2D eigenvalue weighted by Crippen LogP contribution is 2.25. The van der Waals surface area contributed by atoms with Crippen LogP contribution < -0.4 is 10.7 Å². The number of aromatic carboxylic acids is 1. The predicted octanol–water partition coefficient (Wildman–Crippen LogP) is 6.79. The number of carbonyl (C=O) groups excluding carboxylic acids is 2. The lowest BCUT2D eigenvalue weighted by atomic mass is 10.0. The highest BCUT2D eigenvalue weighted by Gasteiger charge is 2.20. The first-order chi connectivity index (χ1) is 21.0. The van der Waals surface area contributed by atoms with Crippen LogP contribution in [0.15, 0.2) is 95.9 Å². The second kappa shape index (κ2) is 12.8. The van der Waals surface area contributed by atoms with Crippen LogP contribution in [0.3, 0.4) is 0 Å². The fourth-order valence-corrected chi connectivity index (χ4v) is 5.22. The van der Waals surface area contributed by atoms with E-state index in [1.165, 1.54) is 31.3 Å². The highest BCUT2D eigenvalue weighted by molar-refractivity contribution is 6.42. The Hall–Kier alpha value is -4.79. The molecular weight excluding hydrogens is 606 g/mol. The van der Waals surface area contributed by atoms with E-state index in [-0.39, 0.29) is 29.7 Å². The number of nitrogens with zero attached hydrogens (tertiary/aromatic N) is 1. The summed E-state index contributed by atoms with van der Waals surface area (Å²) in [5.74, 6) is -2.92. The molecule has 1 heterocycles. The number of amides is 1. The van der Waals surface area contributed by atoms with Crippen LogP contribution in [0.2, 0.25) is 10.0 Å². The molecule has 0 spiro atoms.